The molecular weight excluding hydrogens is 594 g/mol. The van der Waals surface area contributed by atoms with Crippen molar-refractivity contribution >= 4 is 30.1 Å². The lowest BCUT2D eigenvalue weighted by atomic mass is 9.79. The number of benzene rings is 1. The molecule has 2 N–H and O–H groups in total. The summed E-state index contributed by atoms with van der Waals surface area (Å²) in [6.45, 7) is 16.3. The number of hydrogen-bond acceptors (Lipinski definition) is 5. The van der Waals surface area contributed by atoms with Gasteiger partial charge in [0, 0.05) is 16.1 Å². The molecule has 0 saturated heterocycles. The van der Waals surface area contributed by atoms with E-state index in [4.69, 9.17) is 13.6 Å². The maximum Gasteiger partial charge on any atom is 0.474 e. The maximum atomic E-state index is 13.8. The Morgan fingerprint density at radius 1 is 0.977 bits per heavy atom. The predicted octanol–water partition coefficient (Wildman–Crippen LogP) is 9.87. The van der Waals surface area contributed by atoms with Crippen molar-refractivity contribution in [1.29, 1.82) is 0 Å². The molecule has 1 saturated carbocycles. The van der Waals surface area contributed by atoms with Gasteiger partial charge in [-0.3, -0.25) is 13.6 Å². The molecule has 1 aromatic carbocycles. The molecule has 1 amide bonds. The lowest BCUT2D eigenvalue weighted by Crippen LogP contribution is -2.49. The first-order valence-corrected chi connectivity index (χ1v) is 25.6. The normalized spacial score (nSPS) is 22.9. The zero-order valence-corrected chi connectivity index (χ0v) is 31.0. The minimum Gasteiger partial charge on any atom is -0.465 e. The second kappa shape index (κ2) is 16.0. The Morgan fingerprint density at radius 2 is 1.65 bits per heavy atom. The Bertz CT molecular complexity index is 1060. The van der Waals surface area contributed by atoms with Crippen LogP contribution >= 0.6 is 7.82 Å². The quantitative estimate of drug-likeness (QED) is 0.0931. The van der Waals surface area contributed by atoms with Gasteiger partial charge in [0.2, 0.25) is 0 Å². The zero-order valence-electron chi connectivity index (χ0n) is 28.1. The van der Waals surface area contributed by atoms with Gasteiger partial charge in [0.25, 0.3) is 0 Å². The number of phosphoric acid groups is 1. The van der Waals surface area contributed by atoms with E-state index in [9.17, 15) is 14.5 Å². The average molecular weight is 654 g/mol. The summed E-state index contributed by atoms with van der Waals surface area (Å²) < 4.78 is 31.5. The number of hydrogen-bond donors (Lipinski definition) is 2. The van der Waals surface area contributed by atoms with Gasteiger partial charge in [-0.2, -0.15) is 0 Å². The Hall–Kier alpha value is -0.966. The summed E-state index contributed by atoms with van der Waals surface area (Å²) in [5.41, 5.74) is 3.38. The van der Waals surface area contributed by atoms with Gasteiger partial charge >= 0.3 is 13.9 Å². The van der Waals surface area contributed by atoms with Crippen LogP contribution in [0.1, 0.15) is 87.3 Å². The maximum absolute atomic E-state index is 13.8. The SMILES string of the molecule is CCCCCC[C@@H]1CCc2cc([C@H]3CC[C@@](COP(=O)(OCC[Si](C)(C)C)OCC[Si](C)(C)C)(NC(=O)O)C3)ccc2C1. The van der Waals surface area contributed by atoms with Crippen LogP contribution in [0.25, 0.3) is 0 Å². The van der Waals surface area contributed by atoms with Crippen molar-refractivity contribution in [2.45, 2.75) is 140 Å². The monoisotopic (exact) mass is 653 g/mol. The van der Waals surface area contributed by atoms with Crippen molar-refractivity contribution in [2.24, 2.45) is 5.92 Å². The summed E-state index contributed by atoms with van der Waals surface area (Å²) in [4.78, 5) is 11.9. The minimum atomic E-state index is -3.84. The fourth-order valence-corrected chi connectivity index (χ4v) is 9.40. The van der Waals surface area contributed by atoms with E-state index in [1.807, 2.05) is 0 Å². The Labute approximate surface area is 263 Å². The highest BCUT2D eigenvalue weighted by Gasteiger charge is 2.44. The first-order chi connectivity index (χ1) is 20.1. The molecule has 0 aromatic heterocycles. The van der Waals surface area contributed by atoms with Crippen LogP contribution in [0.15, 0.2) is 18.2 Å². The Kier molecular flexibility index (Phi) is 13.6. The molecule has 2 aliphatic carbocycles. The molecule has 246 valence electrons. The van der Waals surface area contributed by atoms with Crippen molar-refractivity contribution in [3.8, 4) is 0 Å². The summed E-state index contributed by atoms with van der Waals surface area (Å²) >= 11 is 0. The lowest BCUT2D eigenvalue weighted by Gasteiger charge is -2.31. The number of carbonyl (C=O) groups is 1. The van der Waals surface area contributed by atoms with Crippen molar-refractivity contribution in [3.63, 3.8) is 0 Å². The van der Waals surface area contributed by atoms with Crippen molar-refractivity contribution < 1.29 is 28.0 Å². The number of rotatable bonds is 18. The summed E-state index contributed by atoms with van der Waals surface area (Å²) in [5, 5.41) is 12.5. The largest absolute Gasteiger partial charge is 0.474 e. The van der Waals surface area contributed by atoms with Crippen molar-refractivity contribution in [1.82, 2.24) is 5.32 Å². The van der Waals surface area contributed by atoms with Gasteiger partial charge in [0.15, 0.2) is 0 Å². The highest BCUT2D eigenvalue weighted by Crippen LogP contribution is 2.52. The second-order valence-electron chi connectivity index (χ2n) is 15.6. The number of nitrogens with one attached hydrogen (secondary N) is 1. The Balaban J connectivity index is 1.67. The number of fused-ring (bicyclic) bond motifs is 1. The summed E-state index contributed by atoms with van der Waals surface area (Å²) in [7, 11) is -6.67. The molecule has 0 radical (unpaired) electrons. The third-order valence-electron chi connectivity index (χ3n) is 9.18. The van der Waals surface area contributed by atoms with Crippen LogP contribution in [-0.4, -0.2) is 52.7 Å². The van der Waals surface area contributed by atoms with E-state index in [0.29, 0.717) is 26.1 Å². The third kappa shape index (κ3) is 12.7. The fourth-order valence-electron chi connectivity index (χ4n) is 6.37. The highest BCUT2D eigenvalue weighted by atomic mass is 31.2. The molecule has 43 heavy (non-hydrogen) atoms. The number of amides is 1. The molecule has 1 aromatic rings. The molecule has 2 aliphatic rings. The number of unbranched alkanes of at least 4 members (excludes halogenated alkanes) is 3. The zero-order chi connectivity index (χ0) is 31.7. The first kappa shape index (κ1) is 36.5. The predicted molar refractivity (Wildman–Crippen MR) is 183 cm³/mol. The molecule has 10 heteroatoms. The van der Waals surface area contributed by atoms with Gasteiger partial charge in [0.1, 0.15) is 0 Å². The van der Waals surface area contributed by atoms with Gasteiger partial charge in [-0.25, -0.2) is 9.36 Å². The van der Waals surface area contributed by atoms with Crippen LogP contribution < -0.4 is 5.32 Å². The van der Waals surface area contributed by atoms with Crippen LogP contribution in [0.2, 0.25) is 51.4 Å². The molecule has 3 rings (SSSR count). The standard InChI is InChI=1S/C33H60NO6PSi2/c1-8-9-10-11-12-27-13-14-29-24-30(16-15-28(29)23-27)31-17-18-33(25-31,34-32(35)36)26-40-41(37,38-19-21-42(2,3)4)39-20-22-43(5,6)7/h15-16,24,27,31,34H,8-14,17-23,25-26H2,1-7H3,(H,35,36)/t27-,31+,33-/m1/s1. The molecule has 7 nitrogen and oxygen atoms in total. The van der Waals surface area contributed by atoms with Gasteiger partial charge in [-0.05, 0) is 79.1 Å². The van der Waals surface area contributed by atoms with E-state index in [1.165, 1.54) is 61.6 Å². The van der Waals surface area contributed by atoms with Crippen molar-refractivity contribution in [2.75, 3.05) is 19.8 Å². The minimum absolute atomic E-state index is 0.0301. The van der Waals surface area contributed by atoms with Crippen LogP contribution in [-0.2, 0) is 31.0 Å². The molecule has 0 unspecified atom stereocenters. The van der Waals surface area contributed by atoms with E-state index in [-0.39, 0.29) is 12.5 Å². The number of phosphoric ester groups is 1. The van der Waals surface area contributed by atoms with E-state index in [0.717, 1.165) is 30.8 Å². The van der Waals surface area contributed by atoms with Gasteiger partial charge in [-0.1, -0.05) is 96.5 Å². The summed E-state index contributed by atoms with van der Waals surface area (Å²) in [5.74, 6) is 1.01. The summed E-state index contributed by atoms with van der Waals surface area (Å²) in [6.07, 6.45) is 11.2. The molecule has 0 bridgehead atoms. The first-order valence-electron chi connectivity index (χ1n) is 16.8. The second-order valence-corrected chi connectivity index (χ2v) is 28.6. The molecule has 0 heterocycles. The van der Waals surface area contributed by atoms with E-state index < -0.39 is 35.6 Å². The van der Waals surface area contributed by atoms with Crippen LogP contribution in [0.5, 0.6) is 0 Å². The van der Waals surface area contributed by atoms with E-state index in [2.05, 4.69) is 69.7 Å². The summed E-state index contributed by atoms with van der Waals surface area (Å²) in [6, 6.07) is 8.63. The molecular formula is C33H60NO6PSi2. The smallest absolute Gasteiger partial charge is 0.465 e. The average Bonchev–Trinajstić information content (AvgIpc) is 3.32. The van der Waals surface area contributed by atoms with Crippen LogP contribution in [0, 0.1) is 5.92 Å². The van der Waals surface area contributed by atoms with Gasteiger partial charge < -0.3 is 10.4 Å². The lowest BCUT2D eigenvalue weighted by molar-refractivity contribution is 0.0870. The van der Waals surface area contributed by atoms with Crippen molar-refractivity contribution in [3.05, 3.63) is 34.9 Å². The number of aryl methyl sites for hydroxylation is 1. The van der Waals surface area contributed by atoms with Crippen LogP contribution in [0.4, 0.5) is 4.79 Å². The molecule has 0 spiro atoms. The molecule has 0 aliphatic heterocycles. The molecule has 3 atom stereocenters. The number of carboxylic acid groups (broad SMARTS) is 1. The van der Waals surface area contributed by atoms with Crippen LogP contribution in [0.3, 0.4) is 0 Å². The van der Waals surface area contributed by atoms with E-state index >= 15 is 0 Å². The van der Waals surface area contributed by atoms with E-state index in [1.54, 1.807) is 0 Å². The fraction of sp³-hybridized carbons (Fsp3) is 0.788. The Morgan fingerprint density at radius 3 is 2.26 bits per heavy atom. The molecule has 1 fully saturated rings. The highest BCUT2D eigenvalue weighted by molar-refractivity contribution is 7.48. The van der Waals surface area contributed by atoms with Gasteiger partial charge in [0.05, 0.1) is 25.4 Å². The van der Waals surface area contributed by atoms with Gasteiger partial charge in [-0.15, -0.1) is 0 Å². The third-order valence-corrected chi connectivity index (χ3v) is 14.0. The topological polar surface area (TPSA) is 94.1 Å².